The topological polar surface area (TPSA) is 87.2 Å². The van der Waals surface area contributed by atoms with Crippen molar-refractivity contribution in [3.63, 3.8) is 0 Å². The molecule has 0 bridgehead atoms. The van der Waals surface area contributed by atoms with Crippen molar-refractivity contribution in [2.75, 3.05) is 5.73 Å². The van der Waals surface area contributed by atoms with Crippen LogP contribution in [0.2, 0.25) is 5.02 Å². The lowest BCUT2D eigenvalue weighted by Gasteiger charge is -2.19. The Bertz CT molecular complexity index is 1280. The standard InChI is InChI=1S/C27H24ClFN2O2/c1-3-20(21-10-9-19(28)14-16(21)2)26(22-11-12-24(31)23(15-30)27(22)29)18-7-4-17(5-8-18)6-13-25(32)33/h4-15,30H,3,31H2,1-2H3,(H,32,33)/b13-6+,26-20+,30-15?. The largest absolute Gasteiger partial charge is 0.478 e. The van der Waals surface area contributed by atoms with Gasteiger partial charge in [0.1, 0.15) is 5.82 Å². The van der Waals surface area contributed by atoms with E-state index in [4.69, 9.17) is 27.9 Å². The van der Waals surface area contributed by atoms with Gasteiger partial charge in [-0.2, -0.15) is 0 Å². The van der Waals surface area contributed by atoms with Crippen LogP contribution in [0.3, 0.4) is 0 Å². The van der Waals surface area contributed by atoms with Crippen LogP contribution >= 0.6 is 11.6 Å². The fraction of sp³-hybridized carbons (Fsp3) is 0.111. The summed E-state index contributed by atoms with van der Waals surface area (Å²) in [6.45, 7) is 3.96. The number of aliphatic carboxylic acids is 1. The van der Waals surface area contributed by atoms with Crippen LogP contribution in [-0.4, -0.2) is 17.3 Å². The van der Waals surface area contributed by atoms with Gasteiger partial charge in [-0.1, -0.05) is 48.9 Å². The van der Waals surface area contributed by atoms with Crippen LogP contribution in [0.25, 0.3) is 17.2 Å². The van der Waals surface area contributed by atoms with Crippen molar-refractivity contribution in [2.45, 2.75) is 20.3 Å². The van der Waals surface area contributed by atoms with Gasteiger partial charge in [0, 0.05) is 28.6 Å². The number of carbonyl (C=O) groups is 1. The molecule has 168 valence electrons. The Balaban J connectivity index is 2.33. The predicted octanol–water partition coefficient (Wildman–Crippen LogP) is 6.83. The molecule has 0 atom stereocenters. The summed E-state index contributed by atoms with van der Waals surface area (Å²) in [6.07, 6.45) is 4.10. The minimum absolute atomic E-state index is 0.0364. The quantitative estimate of drug-likeness (QED) is 0.155. The Labute approximate surface area is 197 Å². The van der Waals surface area contributed by atoms with Gasteiger partial charge < -0.3 is 16.2 Å². The molecule has 4 N–H and O–H groups in total. The lowest BCUT2D eigenvalue weighted by atomic mass is 9.85. The molecule has 4 nitrogen and oxygen atoms in total. The second kappa shape index (κ2) is 10.3. The second-order valence-corrected chi connectivity index (χ2v) is 7.97. The molecule has 0 fully saturated rings. The normalized spacial score (nSPS) is 12.0. The van der Waals surface area contributed by atoms with Crippen LogP contribution in [0.4, 0.5) is 10.1 Å². The minimum Gasteiger partial charge on any atom is -0.478 e. The van der Waals surface area contributed by atoms with Crippen LogP contribution in [0, 0.1) is 18.2 Å². The Morgan fingerprint density at radius 2 is 1.79 bits per heavy atom. The zero-order chi connectivity index (χ0) is 24.1. The van der Waals surface area contributed by atoms with Gasteiger partial charge in [-0.3, -0.25) is 0 Å². The third kappa shape index (κ3) is 5.21. The summed E-state index contributed by atoms with van der Waals surface area (Å²) >= 11 is 6.17. The smallest absolute Gasteiger partial charge is 0.328 e. The number of rotatable bonds is 7. The van der Waals surface area contributed by atoms with E-state index < -0.39 is 11.8 Å². The van der Waals surface area contributed by atoms with Crippen LogP contribution in [-0.2, 0) is 4.79 Å². The van der Waals surface area contributed by atoms with Gasteiger partial charge in [0.2, 0.25) is 0 Å². The molecular weight excluding hydrogens is 439 g/mol. The maximum Gasteiger partial charge on any atom is 0.328 e. The second-order valence-electron chi connectivity index (χ2n) is 7.53. The average molecular weight is 463 g/mol. The highest BCUT2D eigenvalue weighted by molar-refractivity contribution is 6.30. The maximum absolute atomic E-state index is 15.6. The fourth-order valence-corrected chi connectivity index (χ4v) is 4.06. The molecule has 3 aromatic rings. The highest BCUT2D eigenvalue weighted by atomic mass is 35.5. The van der Waals surface area contributed by atoms with Crippen LogP contribution in [0.15, 0.2) is 60.7 Å². The fourth-order valence-electron chi connectivity index (χ4n) is 3.84. The van der Waals surface area contributed by atoms with Gasteiger partial charge in [0.05, 0.1) is 5.56 Å². The summed E-state index contributed by atoms with van der Waals surface area (Å²) in [6, 6.07) is 16.1. The lowest BCUT2D eigenvalue weighted by Crippen LogP contribution is -2.04. The van der Waals surface area contributed by atoms with Gasteiger partial charge in [0.15, 0.2) is 0 Å². The molecule has 0 spiro atoms. The van der Waals surface area contributed by atoms with Gasteiger partial charge in [-0.25, -0.2) is 9.18 Å². The molecule has 3 aromatic carbocycles. The highest BCUT2D eigenvalue weighted by Gasteiger charge is 2.20. The first-order valence-electron chi connectivity index (χ1n) is 10.4. The summed E-state index contributed by atoms with van der Waals surface area (Å²) in [5.41, 5.74) is 11.4. The van der Waals surface area contributed by atoms with E-state index in [1.807, 2.05) is 38.1 Å². The number of nitrogens with one attached hydrogen (secondary N) is 1. The summed E-state index contributed by atoms with van der Waals surface area (Å²) in [5, 5.41) is 17.1. The molecule has 0 saturated heterocycles. The zero-order valence-electron chi connectivity index (χ0n) is 18.3. The summed E-state index contributed by atoms with van der Waals surface area (Å²) < 4.78 is 15.6. The summed E-state index contributed by atoms with van der Waals surface area (Å²) in [7, 11) is 0. The van der Waals surface area contributed by atoms with E-state index in [-0.39, 0.29) is 11.3 Å². The number of halogens is 2. The third-order valence-corrected chi connectivity index (χ3v) is 5.65. The predicted molar refractivity (Wildman–Crippen MR) is 134 cm³/mol. The molecule has 0 unspecified atom stereocenters. The molecule has 0 aliphatic carbocycles. The first kappa shape index (κ1) is 24.0. The molecule has 0 heterocycles. The summed E-state index contributed by atoms with van der Waals surface area (Å²) in [4.78, 5) is 10.8. The molecule has 0 radical (unpaired) electrons. The number of anilines is 1. The molecule has 3 rings (SSSR count). The molecule has 0 aliphatic rings. The Kier molecular flexibility index (Phi) is 7.46. The maximum atomic E-state index is 15.6. The number of benzene rings is 3. The first-order valence-corrected chi connectivity index (χ1v) is 10.7. The number of carboxylic acid groups (broad SMARTS) is 1. The Morgan fingerprint density at radius 1 is 1.12 bits per heavy atom. The summed E-state index contributed by atoms with van der Waals surface area (Å²) in [5.74, 6) is -1.60. The molecule has 6 heteroatoms. The lowest BCUT2D eigenvalue weighted by molar-refractivity contribution is -0.131. The van der Waals surface area contributed by atoms with Gasteiger partial charge in [-0.05, 0) is 77.1 Å². The van der Waals surface area contributed by atoms with E-state index in [2.05, 4.69) is 0 Å². The number of carboxylic acids is 1. The van der Waals surface area contributed by atoms with Crippen molar-refractivity contribution in [1.29, 1.82) is 5.41 Å². The van der Waals surface area contributed by atoms with Crippen molar-refractivity contribution >= 4 is 46.7 Å². The minimum atomic E-state index is -1.03. The molecular formula is C27H24ClFN2O2. The van der Waals surface area contributed by atoms with E-state index in [0.717, 1.165) is 34.6 Å². The molecule has 0 saturated carbocycles. The Hall–Kier alpha value is -3.70. The van der Waals surface area contributed by atoms with Crippen LogP contribution in [0.5, 0.6) is 0 Å². The zero-order valence-corrected chi connectivity index (χ0v) is 19.1. The van der Waals surface area contributed by atoms with Crippen LogP contribution in [0.1, 0.15) is 46.7 Å². The van der Waals surface area contributed by atoms with E-state index >= 15 is 4.39 Å². The first-order chi connectivity index (χ1) is 15.8. The highest BCUT2D eigenvalue weighted by Crippen LogP contribution is 2.38. The number of nitrogen functional groups attached to an aromatic ring is 1. The number of aryl methyl sites for hydroxylation is 1. The van der Waals surface area contributed by atoms with Gasteiger partial charge >= 0.3 is 5.97 Å². The van der Waals surface area contributed by atoms with Gasteiger partial charge in [-0.15, -0.1) is 0 Å². The monoisotopic (exact) mass is 462 g/mol. The van der Waals surface area contributed by atoms with Crippen molar-refractivity contribution < 1.29 is 14.3 Å². The van der Waals surface area contributed by atoms with Crippen molar-refractivity contribution in [2.24, 2.45) is 0 Å². The number of hydrogen-bond donors (Lipinski definition) is 3. The number of allylic oxidation sites excluding steroid dienone is 1. The van der Waals surface area contributed by atoms with Crippen molar-refractivity contribution in [1.82, 2.24) is 0 Å². The number of hydrogen-bond acceptors (Lipinski definition) is 3. The van der Waals surface area contributed by atoms with E-state index in [1.165, 1.54) is 6.08 Å². The van der Waals surface area contributed by atoms with E-state index in [1.54, 1.807) is 30.3 Å². The third-order valence-electron chi connectivity index (χ3n) is 5.41. The molecule has 0 aromatic heterocycles. The SMILES string of the molecule is CC/C(=C(/c1ccc(/C=C/C(=O)O)cc1)c1ccc(N)c(C=N)c1F)c1ccc(Cl)cc1C. The Morgan fingerprint density at radius 3 is 2.36 bits per heavy atom. The van der Waals surface area contributed by atoms with E-state index in [0.29, 0.717) is 28.1 Å². The number of nitrogens with two attached hydrogens (primary N) is 1. The average Bonchev–Trinajstić information content (AvgIpc) is 2.78. The molecule has 33 heavy (non-hydrogen) atoms. The molecule has 0 amide bonds. The van der Waals surface area contributed by atoms with Gasteiger partial charge in [0.25, 0.3) is 0 Å². The molecule has 0 aliphatic heterocycles. The van der Waals surface area contributed by atoms with E-state index in [9.17, 15) is 4.79 Å². The van der Waals surface area contributed by atoms with Crippen LogP contribution < -0.4 is 5.73 Å². The van der Waals surface area contributed by atoms with Crippen molar-refractivity contribution in [3.8, 4) is 0 Å². The van der Waals surface area contributed by atoms with Crippen molar-refractivity contribution in [3.05, 3.63) is 105 Å².